The molecule has 2 heterocycles. The van der Waals surface area contributed by atoms with Gasteiger partial charge < -0.3 is 0 Å². The molecule has 3 aromatic rings. The van der Waals surface area contributed by atoms with Crippen LogP contribution < -0.4 is 10.4 Å². The number of aryl methyl sites for hydroxylation is 1. The highest BCUT2D eigenvalue weighted by Gasteiger charge is 2.15. The summed E-state index contributed by atoms with van der Waals surface area (Å²) in [4.78, 5) is 22.2. The first kappa shape index (κ1) is 16.0. The van der Waals surface area contributed by atoms with Crippen LogP contribution in [-0.4, -0.2) is 25.5 Å². The maximum atomic E-state index is 11.4. The van der Waals surface area contributed by atoms with Gasteiger partial charge in [0.1, 0.15) is 11.6 Å². The number of hydroxylamine groups is 1. The number of aromatic nitrogens is 3. The summed E-state index contributed by atoms with van der Waals surface area (Å²) >= 11 is 1.31. The number of nitrogens with one attached hydrogen (secondary N) is 1. The number of rotatable bonds is 5. The molecule has 0 unspecified atom stereocenters. The summed E-state index contributed by atoms with van der Waals surface area (Å²) in [7, 11) is 0. The van der Waals surface area contributed by atoms with Crippen LogP contribution in [0.2, 0.25) is 0 Å². The molecule has 0 spiro atoms. The Labute approximate surface area is 142 Å². The predicted molar refractivity (Wildman–Crippen MR) is 90.4 cm³/mol. The summed E-state index contributed by atoms with van der Waals surface area (Å²) in [6, 6.07) is 12.6. The predicted octanol–water partition coefficient (Wildman–Crippen LogP) is 2.70. The van der Waals surface area contributed by atoms with Crippen LogP contribution in [0, 0.1) is 6.92 Å². The van der Waals surface area contributed by atoms with Gasteiger partial charge in [-0.2, -0.15) is 4.37 Å². The Hall–Kier alpha value is -2.84. The van der Waals surface area contributed by atoms with E-state index in [4.69, 9.17) is 5.21 Å². The van der Waals surface area contributed by atoms with Crippen LogP contribution in [0.1, 0.15) is 21.7 Å². The van der Waals surface area contributed by atoms with Crippen LogP contribution >= 0.6 is 11.5 Å². The summed E-state index contributed by atoms with van der Waals surface area (Å²) in [5.41, 5.74) is 2.98. The number of carbonyl (C=O) groups is 1. The highest BCUT2D eigenvalue weighted by Crippen LogP contribution is 2.27. The van der Waals surface area contributed by atoms with Crippen molar-refractivity contribution in [2.75, 3.05) is 4.90 Å². The van der Waals surface area contributed by atoms with Crippen molar-refractivity contribution in [3.63, 3.8) is 0 Å². The van der Waals surface area contributed by atoms with Crippen LogP contribution in [0.25, 0.3) is 0 Å². The van der Waals surface area contributed by atoms with Gasteiger partial charge in [-0.3, -0.25) is 14.9 Å². The van der Waals surface area contributed by atoms with Gasteiger partial charge in [-0.25, -0.2) is 15.4 Å². The zero-order valence-corrected chi connectivity index (χ0v) is 13.7. The second-order valence-electron chi connectivity index (χ2n) is 5.04. The molecule has 7 nitrogen and oxygen atoms in total. The van der Waals surface area contributed by atoms with E-state index in [1.54, 1.807) is 23.8 Å². The van der Waals surface area contributed by atoms with Crippen molar-refractivity contribution in [2.45, 2.75) is 13.5 Å². The number of amides is 1. The molecule has 3 rings (SSSR count). The van der Waals surface area contributed by atoms with E-state index in [-0.39, 0.29) is 0 Å². The standard InChI is InChI=1S/C16H15N5O2S/c1-11-18-16(24-20-11)21(14-4-2-3-9-17-14)10-12-5-7-13(8-6-12)15(22)19-23/h2-9,23H,10H2,1H3,(H,19,22). The number of hydrogen-bond acceptors (Lipinski definition) is 7. The van der Waals surface area contributed by atoms with E-state index in [9.17, 15) is 4.79 Å². The molecule has 0 radical (unpaired) electrons. The number of anilines is 2. The van der Waals surface area contributed by atoms with Crippen molar-refractivity contribution >= 4 is 28.4 Å². The fourth-order valence-corrected chi connectivity index (χ4v) is 2.85. The second kappa shape index (κ2) is 7.16. The first-order valence-corrected chi connectivity index (χ1v) is 7.97. The maximum absolute atomic E-state index is 11.4. The molecule has 0 aliphatic carbocycles. The Bertz CT molecular complexity index is 820. The molecular weight excluding hydrogens is 326 g/mol. The van der Waals surface area contributed by atoms with Gasteiger partial charge in [0.2, 0.25) is 5.13 Å². The lowest BCUT2D eigenvalue weighted by atomic mass is 10.1. The normalized spacial score (nSPS) is 10.4. The summed E-state index contributed by atoms with van der Waals surface area (Å²) in [6.07, 6.45) is 1.73. The number of carbonyl (C=O) groups excluding carboxylic acids is 1. The molecule has 2 aromatic heterocycles. The quantitative estimate of drug-likeness (QED) is 0.548. The summed E-state index contributed by atoms with van der Waals surface area (Å²) in [5, 5.41) is 9.43. The highest BCUT2D eigenvalue weighted by atomic mass is 32.1. The van der Waals surface area contributed by atoms with Crippen molar-refractivity contribution < 1.29 is 10.0 Å². The van der Waals surface area contributed by atoms with E-state index in [0.717, 1.165) is 16.5 Å². The largest absolute Gasteiger partial charge is 0.297 e. The van der Waals surface area contributed by atoms with Crippen LogP contribution in [0.5, 0.6) is 0 Å². The van der Waals surface area contributed by atoms with E-state index in [1.807, 2.05) is 42.2 Å². The average Bonchev–Trinajstić information content (AvgIpc) is 3.06. The number of pyridine rings is 1. The van der Waals surface area contributed by atoms with Crippen molar-refractivity contribution in [1.82, 2.24) is 19.8 Å². The lowest BCUT2D eigenvalue weighted by Crippen LogP contribution is -2.19. The molecule has 0 bridgehead atoms. The molecule has 0 fully saturated rings. The smallest absolute Gasteiger partial charge is 0.274 e. The van der Waals surface area contributed by atoms with Gasteiger partial charge in [-0.1, -0.05) is 18.2 Å². The molecule has 0 atom stereocenters. The zero-order chi connectivity index (χ0) is 16.9. The van der Waals surface area contributed by atoms with Gasteiger partial charge in [0, 0.05) is 23.3 Å². The Kier molecular flexibility index (Phi) is 4.78. The maximum Gasteiger partial charge on any atom is 0.274 e. The molecule has 0 saturated carbocycles. The molecule has 8 heteroatoms. The fourth-order valence-electron chi connectivity index (χ4n) is 2.16. The third kappa shape index (κ3) is 3.55. The van der Waals surface area contributed by atoms with Gasteiger partial charge in [0.25, 0.3) is 5.91 Å². The van der Waals surface area contributed by atoms with E-state index in [0.29, 0.717) is 17.9 Å². The van der Waals surface area contributed by atoms with Gasteiger partial charge in [0.15, 0.2) is 0 Å². The Morgan fingerprint density at radius 2 is 2.04 bits per heavy atom. The first-order valence-electron chi connectivity index (χ1n) is 7.19. The fraction of sp³-hybridized carbons (Fsp3) is 0.125. The van der Waals surface area contributed by atoms with Gasteiger partial charge in [-0.15, -0.1) is 0 Å². The zero-order valence-electron chi connectivity index (χ0n) is 12.9. The molecule has 0 aliphatic rings. The second-order valence-corrected chi connectivity index (χ2v) is 5.77. The first-order chi connectivity index (χ1) is 11.7. The number of benzene rings is 1. The molecule has 0 saturated heterocycles. The SMILES string of the molecule is Cc1nsc(N(Cc2ccc(C(=O)NO)cc2)c2ccccn2)n1. The molecular formula is C16H15N5O2S. The van der Waals surface area contributed by atoms with E-state index in [2.05, 4.69) is 14.3 Å². The van der Waals surface area contributed by atoms with Crippen LogP contribution in [0.3, 0.4) is 0 Å². The van der Waals surface area contributed by atoms with Crippen LogP contribution in [-0.2, 0) is 6.54 Å². The average molecular weight is 341 g/mol. The van der Waals surface area contributed by atoms with E-state index < -0.39 is 5.91 Å². The van der Waals surface area contributed by atoms with Gasteiger partial charge >= 0.3 is 0 Å². The minimum absolute atomic E-state index is 0.386. The van der Waals surface area contributed by atoms with Crippen molar-refractivity contribution in [3.05, 3.63) is 65.6 Å². The molecule has 1 amide bonds. The minimum Gasteiger partial charge on any atom is -0.297 e. The topological polar surface area (TPSA) is 91.2 Å². The Balaban J connectivity index is 1.88. The highest BCUT2D eigenvalue weighted by molar-refractivity contribution is 7.09. The summed E-state index contributed by atoms with van der Waals surface area (Å²) < 4.78 is 4.23. The van der Waals surface area contributed by atoms with Crippen molar-refractivity contribution in [3.8, 4) is 0 Å². The molecule has 0 aliphatic heterocycles. The lowest BCUT2D eigenvalue weighted by Gasteiger charge is -2.20. The molecule has 1 aromatic carbocycles. The Morgan fingerprint density at radius 3 is 2.62 bits per heavy atom. The van der Waals surface area contributed by atoms with Crippen LogP contribution in [0.15, 0.2) is 48.7 Å². The van der Waals surface area contributed by atoms with Gasteiger partial charge in [0.05, 0.1) is 6.54 Å². The minimum atomic E-state index is -0.539. The van der Waals surface area contributed by atoms with Crippen molar-refractivity contribution in [2.24, 2.45) is 0 Å². The lowest BCUT2D eigenvalue weighted by molar-refractivity contribution is 0.0706. The Morgan fingerprint density at radius 1 is 1.25 bits per heavy atom. The summed E-state index contributed by atoms with van der Waals surface area (Å²) in [6.45, 7) is 2.38. The van der Waals surface area contributed by atoms with Crippen LogP contribution in [0.4, 0.5) is 10.9 Å². The third-order valence-corrected chi connectivity index (χ3v) is 4.16. The third-order valence-electron chi connectivity index (χ3n) is 3.33. The van der Waals surface area contributed by atoms with Crippen molar-refractivity contribution in [1.29, 1.82) is 0 Å². The number of nitrogens with zero attached hydrogens (tertiary/aromatic N) is 4. The monoisotopic (exact) mass is 341 g/mol. The van der Waals surface area contributed by atoms with Gasteiger partial charge in [-0.05, 0) is 36.8 Å². The molecule has 122 valence electrons. The summed E-state index contributed by atoms with van der Waals surface area (Å²) in [5.74, 6) is 0.944. The van der Waals surface area contributed by atoms with E-state index >= 15 is 0 Å². The number of hydrogen-bond donors (Lipinski definition) is 2. The molecule has 2 N–H and O–H groups in total. The molecule has 24 heavy (non-hydrogen) atoms. The van der Waals surface area contributed by atoms with E-state index in [1.165, 1.54) is 11.5 Å².